The summed E-state index contributed by atoms with van der Waals surface area (Å²) in [7, 11) is -4.02. The molecule has 0 aliphatic rings. The van der Waals surface area contributed by atoms with E-state index in [0.717, 1.165) is 25.7 Å². The van der Waals surface area contributed by atoms with Gasteiger partial charge in [0.2, 0.25) is 0 Å². The Morgan fingerprint density at radius 2 is 0.885 bits per heavy atom. The highest BCUT2D eigenvalue weighted by atomic mass is 31.2. The van der Waals surface area contributed by atoms with Gasteiger partial charge in [0, 0.05) is 0 Å². The molecule has 0 saturated heterocycles. The highest BCUT2D eigenvalue weighted by molar-refractivity contribution is 7.53. The predicted molar refractivity (Wildman–Crippen MR) is 115 cm³/mol. The minimum atomic E-state index is -4.02. The average Bonchev–Trinajstić information content (AvgIpc) is 2.58. The van der Waals surface area contributed by atoms with E-state index in [1.54, 1.807) is 0 Å². The molecule has 0 rings (SSSR count). The van der Waals surface area contributed by atoms with Gasteiger partial charge in [0.15, 0.2) is 0 Å². The van der Waals surface area contributed by atoms with Crippen molar-refractivity contribution in [3.63, 3.8) is 0 Å². The van der Waals surface area contributed by atoms with Crippen LogP contribution in [0.4, 0.5) is 0 Å². The van der Waals surface area contributed by atoms with Crippen LogP contribution in [0.1, 0.15) is 136 Å². The van der Waals surface area contributed by atoms with E-state index in [4.69, 9.17) is 0 Å². The van der Waals surface area contributed by atoms with Crippen LogP contribution in [0.15, 0.2) is 0 Å². The quantitative estimate of drug-likeness (QED) is 0.173. The molecule has 0 bridgehead atoms. The summed E-state index contributed by atoms with van der Waals surface area (Å²) in [6, 6.07) is 0. The van der Waals surface area contributed by atoms with Crippen molar-refractivity contribution in [2.45, 2.75) is 142 Å². The molecule has 0 radical (unpaired) electrons. The maximum absolute atomic E-state index is 12.1. The van der Waals surface area contributed by atoms with Gasteiger partial charge in [0.25, 0.3) is 0 Å². The number of hydrogen-bond donors (Lipinski definition) is 2. The predicted octanol–water partition coefficient (Wildman–Crippen LogP) is 7.98. The van der Waals surface area contributed by atoms with Crippen molar-refractivity contribution in [2.24, 2.45) is 0 Å². The zero-order chi connectivity index (χ0) is 19.7. The maximum atomic E-state index is 12.1. The summed E-state index contributed by atoms with van der Waals surface area (Å²) in [5.41, 5.74) is 0. The zero-order valence-corrected chi connectivity index (χ0v) is 18.9. The third-order valence-corrected chi connectivity index (χ3v) is 7.70. The molecule has 0 aliphatic carbocycles. The van der Waals surface area contributed by atoms with Crippen molar-refractivity contribution in [3.8, 4) is 0 Å². The van der Waals surface area contributed by atoms with Crippen LogP contribution >= 0.6 is 7.60 Å². The molecule has 3 nitrogen and oxygen atoms in total. The monoisotopic (exact) mass is 390 g/mol. The molecular formula is C22H47O3P. The summed E-state index contributed by atoms with van der Waals surface area (Å²) in [6.45, 7) is 6.33. The summed E-state index contributed by atoms with van der Waals surface area (Å²) < 4.78 is 12.1. The molecule has 0 aromatic rings. The fraction of sp³-hybridized carbons (Fsp3) is 1.00. The highest BCUT2D eigenvalue weighted by Gasteiger charge is 2.44. The van der Waals surface area contributed by atoms with Crippen LogP contribution in [-0.2, 0) is 4.57 Å². The SMILES string of the molecule is CCCCCCCCCCCCCCCC(CCC)(CCC)P(=O)(O)O. The molecule has 0 atom stereocenters. The normalized spacial score (nSPS) is 12.7. The van der Waals surface area contributed by atoms with E-state index in [9.17, 15) is 14.4 Å². The van der Waals surface area contributed by atoms with Gasteiger partial charge >= 0.3 is 7.60 Å². The van der Waals surface area contributed by atoms with Gasteiger partial charge in [-0.2, -0.15) is 0 Å². The van der Waals surface area contributed by atoms with Crippen LogP contribution in [0.25, 0.3) is 0 Å². The molecule has 0 saturated carbocycles. The molecule has 2 N–H and O–H groups in total. The van der Waals surface area contributed by atoms with Crippen LogP contribution < -0.4 is 0 Å². The van der Waals surface area contributed by atoms with Crippen molar-refractivity contribution in [1.29, 1.82) is 0 Å². The third kappa shape index (κ3) is 11.8. The highest BCUT2D eigenvalue weighted by Crippen LogP contribution is 2.58. The number of rotatable bonds is 19. The van der Waals surface area contributed by atoms with Gasteiger partial charge in [0.05, 0.1) is 5.16 Å². The second-order valence-corrected chi connectivity index (χ2v) is 10.3. The Morgan fingerprint density at radius 1 is 0.538 bits per heavy atom. The first-order valence-electron chi connectivity index (χ1n) is 11.5. The summed E-state index contributed by atoms with van der Waals surface area (Å²) in [6.07, 6.45) is 20.6. The Morgan fingerprint density at radius 3 is 1.19 bits per heavy atom. The summed E-state index contributed by atoms with van der Waals surface area (Å²) in [4.78, 5) is 19.8. The molecule has 0 fully saturated rings. The molecule has 0 heterocycles. The smallest absolute Gasteiger partial charge is 0.324 e. The average molecular weight is 391 g/mol. The van der Waals surface area contributed by atoms with Gasteiger partial charge in [-0.1, -0.05) is 117 Å². The van der Waals surface area contributed by atoms with Crippen molar-refractivity contribution < 1.29 is 14.4 Å². The first-order chi connectivity index (χ1) is 12.4. The van der Waals surface area contributed by atoms with Crippen LogP contribution in [0, 0.1) is 0 Å². The van der Waals surface area contributed by atoms with Crippen LogP contribution in [0.2, 0.25) is 0 Å². The van der Waals surface area contributed by atoms with Crippen molar-refractivity contribution in [2.75, 3.05) is 0 Å². The molecule has 0 aromatic heterocycles. The molecular weight excluding hydrogens is 343 g/mol. The topological polar surface area (TPSA) is 57.5 Å². The second-order valence-electron chi connectivity index (χ2n) is 8.26. The van der Waals surface area contributed by atoms with Crippen LogP contribution in [-0.4, -0.2) is 14.9 Å². The Hall–Kier alpha value is 0.150. The van der Waals surface area contributed by atoms with E-state index in [1.807, 2.05) is 13.8 Å². The van der Waals surface area contributed by atoms with Gasteiger partial charge in [-0.05, 0) is 19.3 Å². The minimum Gasteiger partial charge on any atom is -0.324 e. The zero-order valence-electron chi connectivity index (χ0n) is 18.0. The molecule has 0 spiro atoms. The maximum Gasteiger partial charge on any atom is 0.331 e. The Labute approximate surface area is 163 Å². The second kappa shape index (κ2) is 16.1. The molecule has 0 amide bonds. The molecule has 26 heavy (non-hydrogen) atoms. The van der Waals surface area contributed by atoms with E-state index in [-0.39, 0.29) is 0 Å². The molecule has 0 unspecified atom stereocenters. The third-order valence-electron chi connectivity index (χ3n) is 5.79. The lowest BCUT2D eigenvalue weighted by Crippen LogP contribution is -2.28. The van der Waals surface area contributed by atoms with E-state index in [2.05, 4.69) is 6.92 Å². The van der Waals surface area contributed by atoms with E-state index >= 15 is 0 Å². The molecule has 158 valence electrons. The summed E-state index contributed by atoms with van der Waals surface area (Å²) >= 11 is 0. The molecule has 0 aromatic carbocycles. The first kappa shape index (κ1) is 26.1. The Bertz CT molecular complexity index is 345. The standard InChI is InChI=1S/C22H47O3P/c1-4-7-8-9-10-11-12-13-14-15-16-17-18-21-22(19-5-2,20-6-3)26(23,24)25/h4-21H2,1-3H3,(H2,23,24,25). The van der Waals surface area contributed by atoms with Crippen molar-refractivity contribution in [3.05, 3.63) is 0 Å². The minimum absolute atomic E-state index is 0.656. The largest absolute Gasteiger partial charge is 0.331 e. The number of unbranched alkanes of at least 4 members (excludes halogenated alkanes) is 12. The number of hydrogen-bond acceptors (Lipinski definition) is 1. The van der Waals surface area contributed by atoms with E-state index < -0.39 is 12.8 Å². The lowest BCUT2D eigenvalue weighted by atomic mass is 9.90. The van der Waals surface area contributed by atoms with Gasteiger partial charge in [-0.15, -0.1) is 0 Å². The van der Waals surface area contributed by atoms with Crippen molar-refractivity contribution >= 4 is 7.60 Å². The van der Waals surface area contributed by atoms with E-state index in [0.29, 0.717) is 19.3 Å². The van der Waals surface area contributed by atoms with Gasteiger partial charge in [-0.3, -0.25) is 4.57 Å². The molecule has 0 aliphatic heterocycles. The van der Waals surface area contributed by atoms with Crippen LogP contribution in [0.3, 0.4) is 0 Å². The van der Waals surface area contributed by atoms with Gasteiger partial charge < -0.3 is 9.79 Å². The fourth-order valence-electron chi connectivity index (χ4n) is 4.21. The summed E-state index contributed by atoms with van der Waals surface area (Å²) in [5.74, 6) is 0. The lowest BCUT2D eigenvalue weighted by molar-refractivity contribution is 0.288. The lowest BCUT2D eigenvalue weighted by Gasteiger charge is -2.34. The Balaban J connectivity index is 3.78. The van der Waals surface area contributed by atoms with E-state index in [1.165, 1.54) is 70.6 Å². The Kier molecular flexibility index (Phi) is 16.2. The van der Waals surface area contributed by atoms with Crippen LogP contribution in [0.5, 0.6) is 0 Å². The van der Waals surface area contributed by atoms with Gasteiger partial charge in [0.1, 0.15) is 0 Å². The van der Waals surface area contributed by atoms with Crippen molar-refractivity contribution in [1.82, 2.24) is 0 Å². The fourth-order valence-corrected chi connectivity index (χ4v) is 5.69. The summed E-state index contributed by atoms with van der Waals surface area (Å²) in [5, 5.41) is -0.756. The molecule has 4 heteroatoms. The first-order valence-corrected chi connectivity index (χ1v) is 13.1. The van der Waals surface area contributed by atoms with Gasteiger partial charge in [-0.25, -0.2) is 0 Å².